The molecule has 0 fully saturated rings. The summed E-state index contributed by atoms with van der Waals surface area (Å²) in [5.41, 5.74) is 1.62. The molecule has 3 heterocycles. The van der Waals surface area contributed by atoms with Crippen LogP contribution in [-0.4, -0.2) is 33.4 Å². The average molecular weight is 397 g/mol. The van der Waals surface area contributed by atoms with Crippen LogP contribution in [-0.2, 0) is 11.3 Å². The Morgan fingerprint density at radius 1 is 1.28 bits per heavy atom. The van der Waals surface area contributed by atoms with E-state index in [-0.39, 0.29) is 24.3 Å². The van der Waals surface area contributed by atoms with Crippen molar-refractivity contribution in [3.63, 3.8) is 0 Å². The summed E-state index contributed by atoms with van der Waals surface area (Å²) in [6.45, 7) is 1.27. The molecule has 2 N–H and O–H groups in total. The lowest BCUT2D eigenvalue weighted by Crippen LogP contribution is -2.45. The van der Waals surface area contributed by atoms with E-state index in [1.54, 1.807) is 31.5 Å². The van der Waals surface area contributed by atoms with Crippen molar-refractivity contribution in [2.45, 2.75) is 19.5 Å². The molecular formula is C20H17F2N5O2. The van der Waals surface area contributed by atoms with Crippen molar-refractivity contribution < 1.29 is 18.4 Å². The number of carbonyl (C=O) groups is 2. The number of halogens is 2. The van der Waals surface area contributed by atoms with Gasteiger partial charge in [0.25, 0.3) is 0 Å². The van der Waals surface area contributed by atoms with Gasteiger partial charge in [0, 0.05) is 23.3 Å². The molecule has 1 aliphatic heterocycles. The smallest absolute Gasteiger partial charge is 0.322 e. The molecule has 1 atom stereocenters. The molecule has 0 radical (unpaired) electrons. The Kier molecular flexibility index (Phi) is 4.79. The summed E-state index contributed by atoms with van der Waals surface area (Å²) in [7, 11) is 0. The van der Waals surface area contributed by atoms with Gasteiger partial charge in [0.1, 0.15) is 6.54 Å². The fourth-order valence-corrected chi connectivity index (χ4v) is 3.21. The van der Waals surface area contributed by atoms with Crippen molar-refractivity contribution in [1.29, 1.82) is 0 Å². The number of amides is 3. The van der Waals surface area contributed by atoms with Gasteiger partial charge in [-0.3, -0.25) is 14.8 Å². The van der Waals surface area contributed by atoms with Gasteiger partial charge < -0.3 is 15.5 Å². The highest BCUT2D eigenvalue weighted by Gasteiger charge is 2.28. The SMILES string of the molecule is CC(NC(=O)CN1Cc2c(ccc(F)c2F)NC1=O)c1ccc2cnccc2n1. The number of anilines is 1. The van der Waals surface area contributed by atoms with Gasteiger partial charge in [-0.1, -0.05) is 0 Å². The summed E-state index contributed by atoms with van der Waals surface area (Å²) < 4.78 is 27.5. The maximum Gasteiger partial charge on any atom is 0.322 e. The number of hydrogen-bond donors (Lipinski definition) is 2. The Morgan fingerprint density at radius 3 is 2.93 bits per heavy atom. The first-order valence-electron chi connectivity index (χ1n) is 8.95. The Hall–Kier alpha value is -3.62. The van der Waals surface area contributed by atoms with Gasteiger partial charge in [-0.25, -0.2) is 13.6 Å². The van der Waals surface area contributed by atoms with Crippen LogP contribution in [0.1, 0.15) is 24.2 Å². The average Bonchev–Trinajstić information content (AvgIpc) is 2.71. The Bertz CT molecular complexity index is 1120. The van der Waals surface area contributed by atoms with Gasteiger partial charge >= 0.3 is 6.03 Å². The number of benzene rings is 1. The second kappa shape index (κ2) is 7.42. The zero-order valence-corrected chi connectivity index (χ0v) is 15.4. The summed E-state index contributed by atoms with van der Waals surface area (Å²) in [6.07, 6.45) is 3.33. The lowest BCUT2D eigenvalue weighted by Gasteiger charge is -2.29. The van der Waals surface area contributed by atoms with E-state index in [0.29, 0.717) is 5.69 Å². The molecule has 0 saturated carbocycles. The van der Waals surface area contributed by atoms with Gasteiger partial charge in [-0.05, 0) is 37.3 Å². The van der Waals surface area contributed by atoms with E-state index in [0.717, 1.165) is 21.9 Å². The predicted molar refractivity (Wildman–Crippen MR) is 102 cm³/mol. The number of urea groups is 1. The fraction of sp³-hybridized carbons (Fsp3) is 0.200. The van der Waals surface area contributed by atoms with Crippen LogP contribution in [0, 0.1) is 11.6 Å². The van der Waals surface area contributed by atoms with E-state index < -0.39 is 29.6 Å². The monoisotopic (exact) mass is 397 g/mol. The number of hydrogen-bond acceptors (Lipinski definition) is 4. The number of pyridine rings is 2. The van der Waals surface area contributed by atoms with Crippen molar-refractivity contribution in [3.8, 4) is 0 Å². The second-order valence-corrected chi connectivity index (χ2v) is 6.77. The van der Waals surface area contributed by atoms with E-state index in [2.05, 4.69) is 20.6 Å². The third kappa shape index (κ3) is 3.71. The minimum Gasteiger partial charge on any atom is -0.346 e. The molecule has 0 saturated heterocycles. The molecule has 1 aliphatic rings. The van der Waals surface area contributed by atoms with Crippen LogP contribution in [0.5, 0.6) is 0 Å². The van der Waals surface area contributed by atoms with E-state index in [1.165, 1.54) is 6.07 Å². The zero-order valence-electron chi connectivity index (χ0n) is 15.4. The van der Waals surface area contributed by atoms with Crippen molar-refractivity contribution in [2.24, 2.45) is 0 Å². The van der Waals surface area contributed by atoms with Gasteiger partial charge in [-0.2, -0.15) is 0 Å². The topological polar surface area (TPSA) is 87.2 Å². The van der Waals surface area contributed by atoms with Crippen LogP contribution in [0.4, 0.5) is 19.3 Å². The highest BCUT2D eigenvalue weighted by atomic mass is 19.2. The molecule has 1 unspecified atom stereocenters. The minimum absolute atomic E-state index is 0.00949. The summed E-state index contributed by atoms with van der Waals surface area (Å²) in [5, 5.41) is 6.12. The molecule has 29 heavy (non-hydrogen) atoms. The van der Waals surface area contributed by atoms with Crippen LogP contribution in [0.3, 0.4) is 0 Å². The summed E-state index contributed by atoms with van der Waals surface area (Å²) in [4.78, 5) is 34.3. The normalized spacial score (nSPS) is 14.3. The van der Waals surface area contributed by atoms with Crippen molar-refractivity contribution in [2.75, 3.05) is 11.9 Å². The Morgan fingerprint density at radius 2 is 2.10 bits per heavy atom. The van der Waals surface area contributed by atoms with Crippen LogP contribution in [0.25, 0.3) is 10.9 Å². The third-order valence-corrected chi connectivity index (χ3v) is 4.74. The van der Waals surface area contributed by atoms with Gasteiger partial charge in [0.15, 0.2) is 11.6 Å². The number of rotatable bonds is 4. The lowest BCUT2D eigenvalue weighted by molar-refractivity contribution is -0.122. The van der Waals surface area contributed by atoms with Gasteiger partial charge in [-0.15, -0.1) is 0 Å². The summed E-state index contributed by atoms with van der Waals surface area (Å²) >= 11 is 0. The van der Waals surface area contributed by atoms with Crippen LogP contribution < -0.4 is 10.6 Å². The molecule has 1 aromatic carbocycles. The molecule has 9 heteroatoms. The number of nitrogens with zero attached hydrogens (tertiary/aromatic N) is 3. The number of fused-ring (bicyclic) bond motifs is 2. The highest BCUT2D eigenvalue weighted by molar-refractivity contribution is 5.95. The molecule has 7 nitrogen and oxygen atoms in total. The quantitative estimate of drug-likeness (QED) is 0.708. The van der Waals surface area contributed by atoms with Crippen molar-refractivity contribution in [1.82, 2.24) is 20.2 Å². The largest absolute Gasteiger partial charge is 0.346 e. The fourth-order valence-electron chi connectivity index (χ4n) is 3.21. The minimum atomic E-state index is -1.03. The standard InChI is InChI=1S/C20H17F2N5O2/c1-11(15-4-2-12-8-23-7-6-16(12)25-15)24-18(28)10-27-9-13-17(26-20(27)29)5-3-14(21)19(13)22/h2-8,11H,9-10H2,1H3,(H,24,28)(H,26,29). The van der Waals surface area contributed by atoms with Crippen molar-refractivity contribution in [3.05, 3.63) is 65.6 Å². The zero-order chi connectivity index (χ0) is 20.5. The molecule has 0 bridgehead atoms. The van der Waals surface area contributed by atoms with E-state index in [9.17, 15) is 18.4 Å². The first-order valence-corrected chi connectivity index (χ1v) is 8.95. The van der Waals surface area contributed by atoms with E-state index >= 15 is 0 Å². The van der Waals surface area contributed by atoms with E-state index in [4.69, 9.17) is 0 Å². The van der Waals surface area contributed by atoms with Gasteiger partial charge in [0.05, 0.1) is 29.5 Å². The third-order valence-electron chi connectivity index (χ3n) is 4.74. The first-order chi connectivity index (χ1) is 13.9. The molecule has 4 rings (SSSR count). The molecule has 3 amide bonds. The summed E-state index contributed by atoms with van der Waals surface area (Å²) in [5.74, 6) is -2.48. The number of carbonyl (C=O) groups excluding carboxylic acids is 2. The molecule has 0 spiro atoms. The number of aromatic nitrogens is 2. The van der Waals surface area contributed by atoms with Crippen LogP contribution >= 0.6 is 0 Å². The van der Waals surface area contributed by atoms with Crippen molar-refractivity contribution >= 4 is 28.5 Å². The predicted octanol–water partition coefficient (Wildman–Crippen LogP) is 3.13. The molecule has 0 aliphatic carbocycles. The Labute approximate surface area is 164 Å². The van der Waals surface area contributed by atoms with Gasteiger partial charge in [0.2, 0.25) is 5.91 Å². The maximum atomic E-state index is 14.0. The maximum absolute atomic E-state index is 14.0. The van der Waals surface area contributed by atoms with Crippen LogP contribution in [0.2, 0.25) is 0 Å². The van der Waals surface area contributed by atoms with Crippen LogP contribution in [0.15, 0.2) is 42.7 Å². The Balaban J connectivity index is 1.44. The molecule has 2 aromatic heterocycles. The molecular weight excluding hydrogens is 380 g/mol. The summed E-state index contributed by atoms with van der Waals surface area (Å²) in [6, 6.07) is 6.71. The lowest BCUT2D eigenvalue weighted by atomic mass is 10.1. The molecule has 3 aromatic rings. The highest BCUT2D eigenvalue weighted by Crippen LogP contribution is 2.27. The van der Waals surface area contributed by atoms with E-state index in [1.807, 2.05) is 6.07 Å². The second-order valence-electron chi connectivity index (χ2n) is 6.77. The number of nitrogens with one attached hydrogen (secondary N) is 2. The first kappa shape index (κ1) is 18.7. The molecule has 148 valence electrons.